The second kappa shape index (κ2) is 5.01. The minimum Gasteiger partial charge on any atom is -0.471 e. The minimum atomic E-state index is 0.166. The molecule has 16 heavy (non-hydrogen) atoms. The Kier molecular flexibility index (Phi) is 3.22. The van der Waals surface area contributed by atoms with Crippen molar-refractivity contribution in [2.24, 2.45) is 0 Å². The zero-order valence-electron chi connectivity index (χ0n) is 8.59. The maximum Gasteiger partial charge on any atom is 0.300 e. The fourth-order valence-electron chi connectivity index (χ4n) is 1.19. The zero-order chi connectivity index (χ0) is 11.2. The van der Waals surface area contributed by atoms with Crippen LogP contribution in [0.4, 0.5) is 11.5 Å². The number of para-hydroxylation sites is 1. The van der Waals surface area contributed by atoms with E-state index in [1.165, 1.54) is 0 Å². The van der Waals surface area contributed by atoms with E-state index in [0.717, 1.165) is 5.69 Å². The van der Waals surface area contributed by atoms with Crippen LogP contribution in [0.15, 0.2) is 35.0 Å². The van der Waals surface area contributed by atoms with Gasteiger partial charge in [-0.2, -0.15) is 0 Å². The topological polar surface area (TPSA) is 86.2 Å². The van der Waals surface area contributed by atoms with Crippen LogP contribution in [-0.2, 0) is 0 Å². The molecule has 0 aliphatic heterocycles. The van der Waals surface area contributed by atoms with Crippen LogP contribution in [-0.4, -0.2) is 23.5 Å². The first kappa shape index (κ1) is 10.3. The summed E-state index contributed by atoms with van der Waals surface area (Å²) in [6.45, 7) is 1.09. The third-order valence-electron chi connectivity index (χ3n) is 1.93. The van der Waals surface area contributed by atoms with Gasteiger partial charge in [-0.1, -0.05) is 18.2 Å². The lowest BCUT2D eigenvalue weighted by Gasteiger charge is -2.05. The van der Waals surface area contributed by atoms with Crippen LogP contribution in [0.25, 0.3) is 0 Å². The monoisotopic (exact) mass is 220 g/mol. The van der Waals surface area contributed by atoms with E-state index < -0.39 is 0 Å². The van der Waals surface area contributed by atoms with Gasteiger partial charge in [0.25, 0.3) is 5.88 Å². The average Bonchev–Trinajstić information content (AvgIpc) is 2.72. The van der Waals surface area contributed by atoms with Crippen molar-refractivity contribution < 1.29 is 9.37 Å². The molecular weight excluding hydrogens is 208 g/mol. The molecule has 1 heterocycles. The van der Waals surface area contributed by atoms with Gasteiger partial charge in [-0.25, -0.2) is 4.63 Å². The number of ether oxygens (including phenoxy) is 1. The molecule has 0 saturated carbocycles. The first-order chi connectivity index (χ1) is 7.86. The Bertz CT molecular complexity index is 429. The molecule has 0 saturated heterocycles. The van der Waals surface area contributed by atoms with Crippen molar-refractivity contribution in [1.82, 2.24) is 10.3 Å². The van der Waals surface area contributed by atoms with Crippen molar-refractivity contribution in [3.05, 3.63) is 30.3 Å². The van der Waals surface area contributed by atoms with Crippen molar-refractivity contribution >= 4 is 11.5 Å². The smallest absolute Gasteiger partial charge is 0.300 e. The molecule has 0 spiro atoms. The maximum absolute atomic E-state index is 5.42. The predicted octanol–water partition coefficient (Wildman–Crippen LogP) is 1.14. The Morgan fingerprint density at radius 1 is 1.25 bits per heavy atom. The summed E-state index contributed by atoms with van der Waals surface area (Å²) < 4.78 is 9.63. The van der Waals surface area contributed by atoms with Gasteiger partial charge in [-0.05, 0) is 22.4 Å². The second-order valence-corrected chi connectivity index (χ2v) is 3.10. The molecule has 0 fully saturated rings. The fraction of sp³-hybridized carbons (Fsp3) is 0.200. The third kappa shape index (κ3) is 2.63. The fourth-order valence-corrected chi connectivity index (χ4v) is 1.19. The standard InChI is InChI=1S/C10H12N4O2/c11-9-10(14-16-13-9)15-7-6-12-8-4-2-1-3-5-8/h1-5,12H,6-7H2,(H2,11,13). The lowest BCUT2D eigenvalue weighted by atomic mass is 10.3. The molecule has 0 bridgehead atoms. The summed E-state index contributed by atoms with van der Waals surface area (Å²) in [5, 5.41) is 10.1. The van der Waals surface area contributed by atoms with E-state index in [1.54, 1.807) is 0 Å². The van der Waals surface area contributed by atoms with E-state index in [9.17, 15) is 0 Å². The third-order valence-corrected chi connectivity index (χ3v) is 1.93. The summed E-state index contributed by atoms with van der Waals surface area (Å²) in [4.78, 5) is 0. The lowest BCUT2D eigenvalue weighted by Crippen LogP contribution is -2.12. The van der Waals surface area contributed by atoms with Gasteiger partial charge >= 0.3 is 0 Å². The zero-order valence-corrected chi connectivity index (χ0v) is 8.59. The largest absolute Gasteiger partial charge is 0.471 e. The number of benzene rings is 1. The quantitative estimate of drug-likeness (QED) is 0.735. The van der Waals surface area contributed by atoms with E-state index in [-0.39, 0.29) is 11.7 Å². The maximum atomic E-state index is 5.42. The number of aromatic nitrogens is 2. The van der Waals surface area contributed by atoms with E-state index >= 15 is 0 Å². The van der Waals surface area contributed by atoms with Gasteiger partial charge in [0, 0.05) is 12.2 Å². The number of nitrogens with two attached hydrogens (primary N) is 1. The number of hydrogen-bond acceptors (Lipinski definition) is 6. The van der Waals surface area contributed by atoms with Gasteiger partial charge in [0.15, 0.2) is 0 Å². The van der Waals surface area contributed by atoms with Crippen molar-refractivity contribution in [1.29, 1.82) is 0 Å². The molecule has 0 unspecified atom stereocenters. The lowest BCUT2D eigenvalue weighted by molar-refractivity contribution is 0.261. The summed E-state index contributed by atoms with van der Waals surface area (Å²) in [5.74, 6) is 0.398. The highest BCUT2D eigenvalue weighted by Gasteiger charge is 2.05. The van der Waals surface area contributed by atoms with E-state index in [4.69, 9.17) is 10.5 Å². The number of hydrogen-bond donors (Lipinski definition) is 2. The number of anilines is 2. The van der Waals surface area contributed by atoms with Gasteiger partial charge < -0.3 is 15.8 Å². The molecule has 84 valence electrons. The molecule has 0 aliphatic rings. The van der Waals surface area contributed by atoms with Crippen LogP contribution >= 0.6 is 0 Å². The van der Waals surface area contributed by atoms with Gasteiger partial charge in [-0.3, -0.25) is 0 Å². The summed E-state index contributed by atoms with van der Waals surface area (Å²) in [6.07, 6.45) is 0. The Morgan fingerprint density at radius 2 is 2.06 bits per heavy atom. The molecule has 1 aromatic heterocycles. The highest BCUT2D eigenvalue weighted by molar-refractivity contribution is 5.42. The summed E-state index contributed by atoms with van der Waals surface area (Å²) >= 11 is 0. The highest BCUT2D eigenvalue weighted by Crippen LogP contribution is 2.13. The normalized spacial score (nSPS) is 10.0. The second-order valence-electron chi connectivity index (χ2n) is 3.10. The van der Waals surface area contributed by atoms with Crippen LogP contribution in [0, 0.1) is 0 Å². The van der Waals surface area contributed by atoms with Crippen molar-refractivity contribution in [2.45, 2.75) is 0 Å². The molecule has 2 rings (SSSR count). The molecule has 6 heteroatoms. The van der Waals surface area contributed by atoms with Crippen LogP contribution in [0.2, 0.25) is 0 Å². The van der Waals surface area contributed by atoms with Gasteiger partial charge in [0.2, 0.25) is 5.82 Å². The summed E-state index contributed by atoms with van der Waals surface area (Å²) in [7, 11) is 0. The number of nitrogens with one attached hydrogen (secondary N) is 1. The molecule has 2 aromatic rings. The highest BCUT2D eigenvalue weighted by atomic mass is 16.6. The number of nitrogens with zero attached hydrogens (tertiary/aromatic N) is 2. The van der Waals surface area contributed by atoms with E-state index in [0.29, 0.717) is 13.2 Å². The Balaban J connectivity index is 1.72. The molecule has 3 N–H and O–H groups in total. The Hall–Kier alpha value is -2.24. The molecule has 6 nitrogen and oxygen atoms in total. The van der Waals surface area contributed by atoms with Gasteiger partial charge in [-0.15, -0.1) is 0 Å². The first-order valence-corrected chi connectivity index (χ1v) is 4.86. The first-order valence-electron chi connectivity index (χ1n) is 4.86. The van der Waals surface area contributed by atoms with Crippen molar-refractivity contribution in [3.8, 4) is 5.88 Å². The van der Waals surface area contributed by atoms with Crippen LogP contribution < -0.4 is 15.8 Å². The van der Waals surface area contributed by atoms with Gasteiger partial charge in [0.05, 0.1) is 0 Å². The predicted molar refractivity (Wildman–Crippen MR) is 59.1 cm³/mol. The Morgan fingerprint density at radius 3 is 2.75 bits per heavy atom. The van der Waals surface area contributed by atoms with Crippen LogP contribution in [0.1, 0.15) is 0 Å². The molecule has 1 aromatic carbocycles. The number of rotatable bonds is 5. The summed E-state index contributed by atoms with van der Waals surface area (Å²) in [5.41, 5.74) is 6.46. The molecule has 0 radical (unpaired) electrons. The van der Waals surface area contributed by atoms with Crippen molar-refractivity contribution in [3.63, 3.8) is 0 Å². The Labute approximate surface area is 92.4 Å². The van der Waals surface area contributed by atoms with Crippen LogP contribution in [0.3, 0.4) is 0 Å². The molecule has 0 atom stereocenters. The molecule has 0 aliphatic carbocycles. The molecule has 0 amide bonds. The summed E-state index contributed by atoms with van der Waals surface area (Å²) in [6, 6.07) is 9.84. The van der Waals surface area contributed by atoms with E-state index in [1.807, 2.05) is 30.3 Å². The van der Waals surface area contributed by atoms with Crippen LogP contribution in [0.5, 0.6) is 5.88 Å². The van der Waals surface area contributed by atoms with E-state index in [2.05, 4.69) is 20.3 Å². The average molecular weight is 220 g/mol. The molecular formula is C10H12N4O2. The number of nitrogen functional groups attached to an aromatic ring is 1. The van der Waals surface area contributed by atoms with Crippen molar-refractivity contribution in [2.75, 3.05) is 24.2 Å². The minimum absolute atomic E-state index is 0.166. The SMILES string of the molecule is Nc1nonc1OCCNc1ccccc1. The van der Waals surface area contributed by atoms with Gasteiger partial charge in [0.1, 0.15) is 6.61 Å².